The second-order valence-electron chi connectivity index (χ2n) is 7.66. The maximum atomic E-state index is 12.8. The highest BCUT2D eigenvalue weighted by atomic mass is 35.5. The first-order valence-corrected chi connectivity index (χ1v) is 13.0. The van der Waals surface area contributed by atoms with Crippen molar-refractivity contribution >= 4 is 43.2 Å². The highest BCUT2D eigenvalue weighted by Gasteiger charge is 2.42. The van der Waals surface area contributed by atoms with Crippen molar-refractivity contribution in [3.8, 4) is 0 Å². The molecule has 1 fully saturated rings. The predicted molar refractivity (Wildman–Crippen MR) is 120 cm³/mol. The number of sulfonamides is 2. The van der Waals surface area contributed by atoms with Crippen LogP contribution in [0.4, 0.5) is 5.69 Å². The van der Waals surface area contributed by atoms with E-state index in [1.54, 1.807) is 19.1 Å². The SMILES string of the molecule is CC1CS(=O)(=O)N(c2ccc(S(=O)(=O)NCC(c3ccc(Cl)cc3)N(C)C)cc2)C1=O. The van der Waals surface area contributed by atoms with Gasteiger partial charge in [-0.1, -0.05) is 30.7 Å². The van der Waals surface area contributed by atoms with E-state index in [1.807, 2.05) is 31.1 Å². The summed E-state index contributed by atoms with van der Waals surface area (Å²) in [5.74, 6) is -1.42. The first kappa shape index (κ1) is 23.7. The van der Waals surface area contributed by atoms with Crippen LogP contribution in [0.3, 0.4) is 0 Å². The van der Waals surface area contributed by atoms with Crippen molar-refractivity contribution in [1.29, 1.82) is 0 Å². The smallest absolute Gasteiger partial charge is 0.244 e. The molecule has 0 bridgehead atoms. The van der Waals surface area contributed by atoms with E-state index in [0.29, 0.717) is 5.02 Å². The minimum atomic E-state index is -3.85. The average Bonchev–Trinajstić information content (AvgIpc) is 2.90. The van der Waals surface area contributed by atoms with Gasteiger partial charge in [-0.15, -0.1) is 0 Å². The van der Waals surface area contributed by atoms with Crippen LogP contribution in [0.25, 0.3) is 0 Å². The normalized spacial score (nSPS) is 19.7. The summed E-state index contributed by atoms with van der Waals surface area (Å²) in [6.07, 6.45) is 0. The number of carbonyl (C=O) groups is 1. The van der Waals surface area contributed by atoms with Gasteiger partial charge in [0.15, 0.2) is 0 Å². The van der Waals surface area contributed by atoms with Crippen LogP contribution in [0.2, 0.25) is 5.02 Å². The average molecular weight is 486 g/mol. The first-order chi connectivity index (χ1) is 14.4. The van der Waals surface area contributed by atoms with E-state index >= 15 is 0 Å². The van der Waals surface area contributed by atoms with E-state index < -0.39 is 31.9 Å². The Bertz CT molecular complexity index is 1160. The van der Waals surface area contributed by atoms with E-state index in [0.717, 1.165) is 9.87 Å². The maximum absolute atomic E-state index is 12.8. The number of benzene rings is 2. The zero-order valence-corrected chi connectivity index (χ0v) is 19.7. The van der Waals surface area contributed by atoms with Crippen molar-refractivity contribution in [2.45, 2.75) is 17.9 Å². The van der Waals surface area contributed by atoms with Gasteiger partial charge >= 0.3 is 0 Å². The van der Waals surface area contributed by atoms with Crippen LogP contribution < -0.4 is 9.03 Å². The fourth-order valence-electron chi connectivity index (χ4n) is 3.40. The summed E-state index contributed by atoms with van der Waals surface area (Å²) in [7, 11) is -3.91. The number of nitrogens with one attached hydrogen (secondary N) is 1. The van der Waals surface area contributed by atoms with E-state index in [4.69, 9.17) is 11.6 Å². The molecule has 2 aromatic carbocycles. The summed E-state index contributed by atoms with van der Waals surface area (Å²) in [4.78, 5) is 14.1. The molecular formula is C20H24ClN3O5S2. The number of anilines is 1. The van der Waals surface area contributed by atoms with Gasteiger partial charge in [0.2, 0.25) is 26.0 Å². The Hall–Kier alpha value is -1.98. The van der Waals surface area contributed by atoms with E-state index in [-0.39, 0.29) is 28.9 Å². The molecule has 0 aromatic heterocycles. The fraction of sp³-hybridized carbons (Fsp3) is 0.350. The van der Waals surface area contributed by atoms with Crippen LogP contribution in [-0.2, 0) is 24.8 Å². The van der Waals surface area contributed by atoms with Gasteiger partial charge in [0.25, 0.3) is 0 Å². The second kappa shape index (κ2) is 8.87. The number of likely N-dealkylation sites (N-methyl/N-ethyl adjacent to an activating group) is 1. The van der Waals surface area contributed by atoms with Gasteiger partial charge in [0, 0.05) is 17.6 Å². The number of amides is 1. The Morgan fingerprint density at radius 2 is 1.71 bits per heavy atom. The van der Waals surface area contributed by atoms with Crippen LogP contribution in [0, 0.1) is 5.92 Å². The zero-order valence-electron chi connectivity index (χ0n) is 17.3. The number of carbonyl (C=O) groups excluding carboxylic acids is 1. The molecule has 11 heteroatoms. The topological polar surface area (TPSA) is 104 Å². The van der Waals surface area contributed by atoms with Gasteiger partial charge in [-0.2, -0.15) is 0 Å². The molecule has 2 atom stereocenters. The molecule has 3 rings (SSSR count). The van der Waals surface area contributed by atoms with Gasteiger partial charge in [-0.3, -0.25) is 4.79 Å². The Morgan fingerprint density at radius 3 is 2.19 bits per heavy atom. The third-order valence-electron chi connectivity index (χ3n) is 5.09. The maximum Gasteiger partial charge on any atom is 0.244 e. The van der Waals surface area contributed by atoms with E-state index in [1.165, 1.54) is 24.3 Å². The lowest BCUT2D eigenvalue weighted by molar-refractivity contribution is -0.119. The van der Waals surface area contributed by atoms with Crippen LogP contribution >= 0.6 is 11.6 Å². The van der Waals surface area contributed by atoms with Crippen molar-refractivity contribution in [2.75, 3.05) is 30.7 Å². The van der Waals surface area contributed by atoms with Crippen LogP contribution in [0.1, 0.15) is 18.5 Å². The number of rotatable bonds is 7. The molecule has 1 amide bonds. The molecular weight excluding hydrogens is 462 g/mol. The summed E-state index contributed by atoms with van der Waals surface area (Å²) in [6.45, 7) is 1.67. The molecule has 2 unspecified atom stereocenters. The molecule has 0 aliphatic carbocycles. The van der Waals surface area contributed by atoms with Crippen molar-refractivity contribution in [1.82, 2.24) is 9.62 Å². The minimum absolute atomic E-state index is 0.0260. The van der Waals surface area contributed by atoms with Gasteiger partial charge in [-0.05, 0) is 56.1 Å². The molecule has 31 heavy (non-hydrogen) atoms. The summed E-state index contributed by atoms with van der Waals surface area (Å²) in [6, 6.07) is 12.2. The number of hydrogen-bond acceptors (Lipinski definition) is 6. The Morgan fingerprint density at radius 1 is 1.13 bits per heavy atom. The number of nitrogens with zero attached hydrogens (tertiary/aromatic N) is 2. The van der Waals surface area contributed by atoms with Gasteiger partial charge < -0.3 is 4.90 Å². The van der Waals surface area contributed by atoms with Gasteiger partial charge in [-0.25, -0.2) is 25.9 Å². The molecule has 1 N–H and O–H groups in total. The summed E-state index contributed by atoms with van der Waals surface area (Å²) in [5.41, 5.74) is 1.03. The van der Waals surface area contributed by atoms with E-state index in [9.17, 15) is 21.6 Å². The zero-order chi connectivity index (χ0) is 23.0. The molecule has 0 saturated carbocycles. The molecule has 0 spiro atoms. The van der Waals surface area contributed by atoms with Gasteiger partial charge in [0.1, 0.15) is 0 Å². The molecule has 1 aliphatic rings. The van der Waals surface area contributed by atoms with Crippen LogP contribution in [0.5, 0.6) is 0 Å². The molecule has 2 aromatic rings. The third kappa shape index (κ3) is 5.09. The molecule has 1 saturated heterocycles. The second-order valence-corrected chi connectivity index (χ2v) is 11.7. The molecule has 0 radical (unpaired) electrons. The molecule has 8 nitrogen and oxygen atoms in total. The first-order valence-electron chi connectivity index (χ1n) is 9.51. The lowest BCUT2D eigenvalue weighted by Gasteiger charge is -2.25. The van der Waals surface area contributed by atoms with Gasteiger partial charge in [0.05, 0.1) is 22.3 Å². The van der Waals surface area contributed by atoms with Crippen molar-refractivity contribution in [3.05, 3.63) is 59.1 Å². The Labute approximate surface area is 187 Å². The van der Waals surface area contributed by atoms with Crippen molar-refractivity contribution in [2.24, 2.45) is 5.92 Å². The summed E-state index contributed by atoms with van der Waals surface area (Å²) >= 11 is 5.93. The summed E-state index contributed by atoms with van der Waals surface area (Å²) in [5, 5.41) is 0.592. The molecule has 1 aliphatic heterocycles. The van der Waals surface area contributed by atoms with Crippen molar-refractivity contribution in [3.63, 3.8) is 0 Å². The Balaban J connectivity index is 1.77. The molecule has 1 heterocycles. The predicted octanol–water partition coefficient (Wildman–Crippen LogP) is 2.23. The van der Waals surface area contributed by atoms with E-state index in [2.05, 4.69) is 4.72 Å². The standard InChI is InChI=1S/C20H24ClN3O5S2/c1-14-13-30(26,27)24(20(14)25)17-8-10-18(11-9-17)31(28,29)22-12-19(23(2)3)15-4-6-16(21)7-5-15/h4-11,14,19,22H,12-13H2,1-3H3. The highest BCUT2D eigenvalue weighted by Crippen LogP contribution is 2.29. The third-order valence-corrected chi connectivity index (χ3v) is 8.65. The summed E-state index contributed by atoms with van der Waals surface area (Å²) < 4.78 is 53.3. The van der Waals surface area contributed by atoms with Crippen LogP contribution in [0.15, 0.2) is 53.4 Å². The quantitative estimate of drug-likeness (QED) is 0.645. The number of hydrogen-bond donors (Lipinski definition) is 1. The Kier molecular flexibility index (Phi) is 6.78. The largest absolute Gasteiger partial charge is 0.301 e. The highest BCUT2D eigenvalue weighted by molar-refractivity contribution is 7.94. The molecule has 168 valence electrons. The lowest BCUT2D eigenvalue weighted by Crippen LogP contribution is -2.34. The van der Waals surface area contributed by atoms with Crippen molar-refractivity contribution < 1.29 is 21.6 Å². The monoisotopic (exact) mass is 485 g/mol. The number of halogens is 1. The lowest BCUT2D eigenvalue weighted by atomic mass is 10.1. The minimum Gasteiger partial charge on any atom is -0.301 e. The fourth-order valence-corrected chi connectivity index (χ4v) is 6.39. The van der Waals surface area contributed by atoms with Crippen LogP contribution in [-0.4, -0.2) is 54.0 Å².